The Morgan fingerprint density at radius 2 is 1.86 bits per heavy atom. The third-order valence-corrected chi connectivity index (χ3v) is 5.17. The molecule has 0 atom stereocenters. The molecule has 0 spiro atoms. The summed E-state index contributed by atoms with van der Waals surface area (Å²) in [6.45, 7) is 7.26. The lowest BCUT2D eigenvalue weighted by molar-refractivity contribution is 0.938. The number of halogens is 2. The van der Waals surface area contributed by atoms with Gasteiger partial charge >= 0.3 is 0 Å². The first-order valence-electron chi connectivity index (χ1n) is 7.13. The van der Waals surface area contributed by atoms with Crippen LogP contribution in [0.15, 0.2) is 27.1 Å². The van der Waals surface area contributed by atoms with Crippen LogP contribution in [0.3, 0.4) is 0 Å². The van der Waals surface area contributed by atoms with Crippen LogP contribution in [0, 0.1) is 6.92 Å². The van der Waals surface area contributed by atoms with Crippen molar-refractivity contribution in [2.75, 3.05) is 11.9 Å². The Balaban J connectivity index is 2.48. The van der Waals surface area contributed by atoms with Gasteiger partial charge in [-0.3, -0.25) is 0 Å². The van der Waals surface area contributed by atoms with Gasteiger partial charge in [-0.1, -0.05) is 13.8 Å². The van der Waals surface area contributed by atoms with E-state index in [9.17, 15) is 0 Å². The van der Waals surface area contributed by atoms with Crippen LogP contribution < -0.4 is 5.32 Å². The molecule has 21 heavy (non-hydrogen) atoms. The van der Waals surface area contributed by atoms with Gasteiger partial charge < -0.3 is 5.32 Å². The molecular formula is C16H19Br2N3. The fraction of sp³-hybridized carbons (Fsp3) is 0.375. The van der Waals surface area contributed by atoms with Gasteiger partial charge in [0, 0.05) is 32.3 Å². The normalized spacial score (nSPS) is 10.7. The smallest absolute Gasteiger partial charge is 0.161 e. The van der Waals surface area contributed by atoms with E-state index in [0.717, 1.165) is 51.2 Å². The van der Waals surface area contributed by atoms with Crippen LogP contribution in [0.1, 0.15) is 31.5 Å². The molecule has 0 aliphatic rings. The van der Waals surface area contributed by atoms with Gasteiger partial charge in [0.05, 0.1) is 0 Å². The van der Waals surface area contributed by atoms with E-state index in [0.29, 0.717) is 0 Å². The third kappa shape index (κ3) is 3.83. The number of aryl methyl sites for hydroxylation is 1. The molecule has 1 aromatic heterocycles. The molecule has 1 heterocycles. The average molecular weight is 413 g/mol. The molecule has 1 N–H and O–H groups in total. The van der Waals surface area contributed by atoms with E-state index in [2.05, 4.69) is 62.9 Å². The lowest BCUT2D eigenvalue weighted by Gasteiger charge is -2.13. The molecular weight excluding hydrogens is 394 g/mol. The molecule has 0 aliphatic heterocycles. The summed E-state index contributed by atoms with van der Waals surface area (Å²) in [4.78, 5) is 9.39. The van der Waals surface area contributed by atoms with Gasteiger partial charge in [-0.15, -0.1) is 0 Å². The molecule has 1 aromatic carbocycles. The van der Waals surface area contributed by atoms with Gasteiger partial charge in [0.25, 0.3) is 0 Å². The van der Waals surface area contributed by atoms with Crippen LogP contribution in [0.4, 0.5) is 5.82 Å². The summed E-state index contributed by atoms with van der Waals surface area (Å²) in [5.41, 5.74) is 3.25. The molecule has 0 saturated heterocycles. The fourth-order valence-electron chi connectivity index (χ4n) is 2.17. The lowest BCUT2D eigenvalue weighted by Crippen LogP contribution is -2.09. The van der Waals surface area contributed by atoms with Crippen molar-refractivity contribution in [2.45, 2.75) is 33.6 Å². The number of hydrogen-bond donors (Lipinski definition) is 1. The highest BCUT2D eigenvalue weighted by molar-refractivity contribution is 9.13. The fourth-order valence-corrected chi connectivity index (χ4v) is 2.80. The standard InChI is InChI=1S/C16H19Br2N3/c1-4-8-19-16-12(5-2)10(3)20-15(21-16)11-6-7-13(17)14(18)9-11/h6-7,9H,4-5,8H2,1-3H3,(H,19,20,21). The molecule has 112 valence electrons. The SMILES string of the molecule is CCCNc1nc(-c2ccc(Br)c(Br)c2)nc(C)c1CC. The Morgan fingerprint density at radius 3 is 2.48 bits per heavy atom. The van der Waals surface area contributed by atoms with Crippen molar-refractivity contribution in [3.63, 3.8) is 0 Å². The van der Waals surface area contributed by atoms with E-state index in [1.807, 2.05) is 18.2 Å². The Kier molecular flexibility index (Phi) is 5.76. The van der Waals surface area contributed by atoms with Gasteiger partial charge in [0.15, 0.2) is 5.82 Å². The molecule has 0 saturated carbocycles. The molecule has 2 aromatic rings. The summed E-state index contributed by atoms with van der Waals surface area (Å²) < 4.78 is 2.03. The van der Waals surface area contributed by atoms with Gasteiger partial charge in [-0.05, 0) is 69.8 Å². The summed E-state index contributed by atoms with van der Waals surface area (Å²) in [5.74, 6) is 1.72. The first-order valence-corrected chi connectivity index (χ1v) is 8.72. The van der Waals surface area contributed by atoms with Crippen LogP contribution in [0.25, 0.3) is 11.4 Å². The largest absolute Gasteiger partial charge is 0.370 e. The molecule has 0 amide bonds. The van der Waals surface area contributed by atoms with E-state index >= 15 is 0 Å². The summed E-state index contributed by atoms with van der Waals surface area (Å²) in [6, 6.07) is 6.07. The van der Waals surface area contributed by atoms with Crippen molar-refractivity contribution in [3.05, 3.63) is 38.4 Å². The van der Waals surface area contributed by atoms with Crippen LogP contribution in [0.2, 0.25) is 0 Å². The highest BCUT2D eigenvalue weighted by Crippen LogP contribution is 2.29. The van der Waals surface area contributed by atoms with Gasteiger partial charge in [0.1, 0.15) is 5.82 Å². The van der Waals surface area contributed by atoms with E-state index < -0.39 is 0 Å². The molecule has 0 bridgehead atoms. The summed E-state index contributed by atoms with van der Waals surface area (Å²) >= 11 is 7.02. The van der Waals surface area contributed by atoms with Crippen LogP contribution >= 0.6 is 31.9 Å². The summed E-state index contributed by atoms with van der Waals surface area (Å²) in [5, 5.41) is 3.42. The second-order valence-electron chi connectivity index (χ2n) is 4.87. The molecule has 3 nitrogen and oxygen atoms in total. The summed E-state index contributed by atoms with van der Waals surface area (Å²) in [6.07, 6.45) is 2.01. The van der Waals surface area contributed by atoms with Crippen molar-refractivity contribution >= 4 is 37.7 Å². The number of nitrogens with zero attached hydrogens (tertiary/aromatic N) is 2. The minimum atomic E-state index is 0.761. The second-order valence-corrected chi connectivity index (χ2v) is 6.58. The zero-order chi connectivity index (χ0) is 15.4. The number of rotatable bonds is 5. The molecule has 0 unspecified atom stereocenters. The minimum absolute atomic E-state index is 0.761. The zero-order valence-corrected chi connectivity index (χ0v) is 15.7. The van der Waals surface area contributed by atoms with Crippen LogP contribution in [-0.4, -0.2) is 16.5 Å². The van der Waals surface area contributed by atoms with E-state index in [1.165, 1.54) is 5.56 Å². The van der Waals surface area contributed by atoms with E-state index in [4.69, 9.17) is 4.98 Å². The lowest BCUT2D eigenvalue weighted by atomic mass is 10.1. The molecule has 0 aliphatic carbocycles. The van der Waals surface area contributed by atoms with Crippen molar-refractivity contribution < 1.29 is 0 Å². The maximum Gasteiger partial charge on any atom is 0.161 e. The highest BCUT2D eigenvalue weighted by atomic mass is 79.9. The number of hydrogen-bond acceptors (Lipinski definition) is 3. The Labute approximate surface area is 142 Å². The Morgan fingerprint density at radius 1 is 1.10 bits per heavy atom. The predicted molar refractivity (Wildman–Crippen MR) is 95.8 cm³/mol. The average Bonchev–Trinajstić information content (AvgIpc) is 2.47. The molecule has 2 rings (SSSR count). The Bertz CT molecular complexity index is 642. The van der Waals surface area contributed by atoms with Gasteiger partial charge in [-0.25, -0.2) is 9.97 Å². The van der Waals surface area contributed by atoms with E-state index in [-0.39, 0.29) is 0 Å². The topological polar surface area (TPSA) is 37.8 Å². The van der Waals surface area contributed by atoms with Gasteiger partial charge in [0.2, 0.25) is 0 Å². The maximum atomic E-state index is 4.72. The zero-order valence-electron chi connectivity index (χ0n) is 12.5. The minimum Gasteiger partial charge on any atom is -0.370 e. The highest BCUT2D eigenvalue weighted by Gasteiger charge is 2.12. The maximum absolute atomic E-state index is 4.72. The first kappa shape index (κ1) is 16.4. The summed E-state index contributed by atoms with van der Waals surface area (Å²) in [7, 11) is 0. The van der Waals surface area contributed by atoms with Crippen LogP contribution in [-0.2, 0) is 6.42 Å². The second kappa shape index (κ2) is 7.36. The number of aromatic nitrogens is 2. The molecule has 5 heteroatoms. The first-order chi connectivity index (χ1) is 10.1. The van der Waals surface area contributed by atoms with Crippen molar-refractivity contribution in [1.29, 1.82) is 0 Å². The number of anilines is 1. The van der Waals surface area contributed by atoms with E-state index in [1.54, 1.807) is 0 Å². The van der Waals surface area contributed by atoms with Gasteiger partial charge in [-0.2, -0.15) is 0 Å². The molecule has 0 radical (unpaired) electrons. The Hall–Kier alpha value is -0.940. The number of nitrogens with one attached hydrogen (secondary N) is 1. The molecule has 0 fully saturated rings. The van der Waals surface area contributed by atoms with Crippen LogP contribution in [0.5, 0.6) is 0 Å². The van der Waals surface area contributed by atoms with Crippen molar-refractivity contribution in [2.24, 2.45) is 0 Å². The number of benzene rings is 1. The quantitative estimate of drug-likeness (QED) is 0.717. The van der Waals surface area contributed by atoms with Crippen molar-refractivity contribution in [1.82, 2.24) is 9.97 Å². The predicted octanol–water partition coefficient (Wildman–Crippen LogP) is 5.36. The monoisotopic (exact) mass is 411 g/mol. The van der Waals surface area contributed by atoms with Crippen molar-refractivity contribution in [3.8, 4) is 11.4 Å². The third-order valence-electron chi connectivity index (χ3n) is 3.29.